The molecule has 0 saturated carbocycles. The smallest absolute Gasteiger partial charge is 0.333 e. The average molecular weight is 588 g/mol. The summed E-state index contributed by atoms with van der Waals surface area (Å²) in [6, 6.07) is 30.8. The van der Waals surface area contributed by atoms with Gasteiger partial charge in [0.25, 0.3) is 11.6 Å². The third-order valence-electron chi connectivity index (χ3n) is 7.32. The Balaban J connectivity index is 1.40. The van der Waals surface area contributed by atoms with Crippen LogP contribution in [-0.2, 0) is 0 Å². The van der Waals surface area contributed by atoms with Crippen LogP contribution >= 0.6 is 0 Å². The van der Waals surface area contributed by atoms with Crippen LogP contribution in [0.3, 0.4) is 0 Å². The SMILES string of the molecule is CC(C)NC(=O)NNC(=O)c1ccc(N2C(c3cc4ccccc4o3)=CC(c3ccc([N+](=O)[O-])cc3)c3ccccc32)cc1. The van der Waals surface area contributed by atoms with E-state index in [1.165, 1.54) is 12.1 Å². The van der Waals surface area contributed by atoms with Gasteiger partial charge in [-0.25, -0.2) is 10.2 Å². The topological polar surface area (TPSA) is 130 Å². The number of hydrogen-bond donors (Lipinski definition) is 3. The summed E-state index contributed by atoms with van der Waals surface area (Å²) < 4.78 is 6.34. The maximum absolute atomic E-state index is 12.7. The summed E-state index contributed by atoms with van der Waals surface area (Å²) in [5.74, 6) is -0.0184. The van der Waals surface area contributed by atoms with E-state index in [4.69, 9.17) is 4.42 Å². The number of furan rings is 1. The lowest BCUT2D eigenvalue weighted by atomic mass is 9.85. The number of rotatable bonds is 6. The van der Waals surface area contributed by atoms with Gasteiger partial charge in [-0.1, -0.05) is 48.5 Å². The summed E-state index contributed by atoms with van der Waals surface area (Å²) >= 11 is 0. The van der Waals surface area contributed by atoms with Gasteiger partial charge in [0.1, 0.15) is 5.58 Å². The highest BCUT2D eigenvalue weighted by Crippen LogP contribution is 2.47. The molecule has 1 atom stereocenters. The number of amides is 3. The van der Waals surface area contributed by atoms with Gasteiger partial charge < -0.3 is 14.6 Å². The minimum Gasteiger partial charge on any atom is -0.455 e. The number of carbonyl (C=O) groups is 2. The summed E-state index contributed by atoms with van der Waals surface area (Å²) in [7, 11) is 0. The lowest BCUT2D eigenvalue weighted by molar-refractivity contribution is -0.384. The van der Waals surface area contributed by atoms with E-state index >= 15 is 0 Å². The largest absolute Gasteiger partial charge is 0.455 e. The van der Waals surface area contributed by atoms with E-state index in [1.807, 2.05) is 80.6 Å². The van der Waals surface area contributed by atoms with Crippen molar-refractivity contribution in [3.8, 4) is 0 Å². The number of nitrogens with zero attached hydrogens (tertiary/aromatic N) is 2. The van der Waals surface area contributed by atoms with Crippen LogP contribution < -0.4 is 21.1 Å². The third-order valence-corrected chi connectivity index (χ3v) is 7.32. The summed E-state index contributed by atoms with van der Waals surface area (Å²) in [6.45, 7) is 3.64. The molecule has 1 unspecified atom stereocenters. The van der Waals surface area contributed by atoms with Gasteiger partial charge in [0.2, 0.25) is 0 Å². The summed E-state index contributed by atoms with van der Waals surface area (Å²) in [6.07, 6.45) is 2.10. The molecule has 1 aliphatic rings. The fourth-order valence-electron chi connectivity index (χ4n) is 5.31. The van der Waals surface area contributed by atoms with Crippen molar-refractivity contribution in [1.82, 2.24) is 16.2 Å². The molecular weight excluding hydrogens is 558 g/mol. The van der Waals surface area contributed by atoms with Gasteiger partial charge >= 0.3 is 6.03 Å². The molecule has 0 radical (unpaired) electrons. The van der Waals surface area contributed by atoms with Gasteiger partial charge in [-0.3, -0.25) is 20.3 Å². The lowest BCUT2D eigenvalue weighted by Crippen LogP contribution is -2.48. The van der Waals surface area contributed by atoms with Crippen LogP contribution in [0.15, 0.2) is 114 Å². The number of carbonyl (C=O) groups excluding carboxylic acids is 2. The zero-order valence-corrected chi connectivity index (χ0v) is 24.0. The summed E-state index contributed by atoms with van der Waals surface area (Å²) in [5, 5.41) is 14.9. The highest BCUT2D eigenvalue weighted by atomic mass is 16.6. The molecular formula is C34H29N5O5. The van der Waals surface area contributed by atoms with Gasteiger partial charge in [-0.05, 0) is 73.5 Å². The number of allylic oxidation sites excluding steroid dienone is 1. The minimum absolute atomic E-state index is 0.0286. The fourth-order valence-corrected chi connectivity index (χ4v) is 5.31. The fraction of sp³-hybridized carbons (Fsp3) is 0.118. The molecule has 0 bridgehead atoms. The number of nitro benzene ring substituents is 1. The quantitative estimate of drug-likeness (QED) is 0.145. The summed E-state index contributed by atoms with van der Waals surface area (Å²) in [5.41, 5.74) is 10.3. The predicted octanol–water partition coefficient (Wildman–Crippen LogP) is 7.02. The molecule has 6 rings (SSSR count). The Kier molecular flexibility index (Phi) is 7.55. The van der Waals surface area contributed by atoms with E-state index in [2.05, 4.69) is 27.1 Å². The molecule has 0 fully saturated rings. The van der Waals surface area contributed by atoms with Crippen LogP contribution in [0.2, 0.25) is 0 Å². The molecule has 0 saturated heterocycles. The van der Waals surface area contributed by atoms with E-state index in [0.29, 0.717) is 11.3 Å². The molecule has 220 valence electrons. The number of nitro groups is 1. The number of anilines is 2. The van der Waals surface area contributed by atoms with Crippen LogP contribution in [0.5, 0.6) is 0 Å². The molecule has 4 aromatic carbocycles. The molecule has 1 aliphatic heterocycles. The Bertz CT molecular complexity index is 1860. The first-order chi connectivity index (χ1) is 21.3. The van der Waals surface area contributed by atoms with Gasteiger partial charge in [-0.2, -0.15) is 0 Å². The molecule has 44 heavy (non-hydrogen) atoms. The molecule has 0 aliphatic carbocycles. The second kappa shape index (κ2) is 11.8. The van der Waals surface area contributed by atoms with Gasteiger partial charge in [-0.15, -0.1) is 0 Å². The Labute approximate surface area is 253 Å². The number of hydrazine groups is 1. The van der Waals surface area contributed by atoms with Crippen LogP contribution in [0.4, 0.5) is 21.9 Å². The number of urea groups is 1. The molecule has 10 heteroatoms. The zero-order valence-electron chi connectivity index (χ0n) is 24.0. The monoisotopic (exact) mass is 587 g/mol. The molecule has 2 heterocycles. The highest BCUT2D eigenvalue weighted by molar-refractivity contribution is 5.97. The van der Waals surface area contributed by atoms with Gasteiger partial charge in [0.15, 0.2) is 5.76 Å². The highest BCUT2D eigenvalue weighted by Gasteiger charge is 2.31. The zero-order chi connectivity index (χ0) is 30.8. The van der Waals surface area contributed by atoms with Crippen molar-refractivity contribution in [3.05, 3.63) is 142 Å². The minimum atomic E-state index is -0.502. The van der Waals surface area contributed by atoms with E-state index in [9.17, 15) is 19.7 Å². The first-order valence-electron chi connectivity index (χ1n) is 14.1. The van der Waals surface area contributed by atoms with Crippen molar-refractivity contribution in [2.45, 2.75) is 25.8 Å². The second-order valence-electron chi connectivity index (χ2n) is 10.7. The van der Waals surface area contributed by atoms with Crippen LogP contribution in [0.25, 0.3) is 16.7 Å². The number of non-ortho nitro benzene ring substituents is 1. The maximum atomic E-state index is 12.7. The normalized spacial score (nSPS) is 14.1. The van der Waals surface area contributed by atoms with Gasteiger partial charge in [0.05, 0.1) is 16.3 Å². The van der Waals surface area contributed by atoms with Crippen LogP contribution in [0, 0.1) is 10.1 Å². The van der Waals surface area contributed by atoms with Gasteiger partial charge in [0, 0.05) is 40.7 Å². The number of fused-ring (bicyclic) bond motifs is 2. The first-order valence-corrected chi connectivity index (χ1v) is 14.1. The Morgan fingerprint density at radius 1 is 0.886 bits per heavy atom. The molecule has 3 N–H and O–H groups in total. The third kappa shape index (κ3) is 5.60. The van der Waals surface area contributed by atoms with Crippen molar-refractivity contribution < 1.29 is 18.9 Å². The van der Waals surface area contributed by atoms with E-state index in [-0.39, 0.29) is 17.6 Å². The molecule has 3 amide bonds. The Hall–Kier alpha value is -5.90. The van der Waals surface area contributed by atoms with Crippen LogP contribution in [-0.4, -0.2) is 22.9 Å². The number of hydrogen-bond acceptors (Lipinski definition) is 6. The van der Waals surface area contributed by atoms with Crippen molar-refractivity contribution in [1.29, 1.82) is 0 Å². The standard InChI is InChI=1S/C34H29N5O5/c1-21(2)35-34(41)37-36-33(40)23-13-15-25(16-14-23)38-29-9-5-4-8-27(29)28(22-11-17-26(18-12-22)39(42)43)20-30(38)32-19-24-7-3-6-10-31(24)44-32/h3-21,28H,1-2H3,(H,36,40)(H2,35,37,41). The van der Waals surface area contributed by atoms with E-state index in [1.54, 1.807) is 24.3 Å². The van der Waals surface area contributed by atoms with Crippen molar-refractivity contribution >= 4 is 45.7 Å². The Morgan fingerprint density at radius 3 is 2.30 bits per heavy atom. The number of nitrogens with one attached hydrogen (secondary N) is 3. The van der Waals surface area contributed by atoms with Crippen molar-refractivity contribution in [2.24, 2.45) is 0 Å². The van der Waals surface area contributed by atoms with Crippen molar-refractivity contribution in [2.75, 3.05) is 4.90 Å². The lowest BCUT2D eigenvalue weighted by Gasteiger charge is -2.35. The number of para-hydroxylation sites is 2. The maximum Gasteiger partial charge on any atom is 0.333 e. The second-order valence-corrected chi connectivity index (χ2v) is 10.7. The molecule has 0 spiro atoms. The van der Waals surface area contributed by atoms with E-state index < -0.39 is 16.9 Å². The molecule has 5 aromatic rings. The van der Waals surface area contributed by atoms with Crippen molar-refractivity contribution in [3.63, 3.8) is 0 Å². The number of benzene rings is 4. The first kappa shape index (κ1) is 28.2. The molecule has 10 nitrogen and oxygen atoms in total. The molecule has 1 aromatic heterocycles. The Morgan fingerprint density at radius 2 is 1.59 bits per heavy atom. The summed E-state index contributed by atoms with van der Waals surface area (Å²) in [4.78, 5) is 37.6. The predicted molar refractivity (Wildman–Crippen MR) is 168 cm³/mol. The average Bonchev–Trinajstić information content (AvgIpc) is 3.47. The van der Waals surface area contributed by atoms with Crippen LogP contribution in [0.1, 0.15) is 47.0 Å². The van der Waals surface area contributed by atoms with E-state index in [0.717, 1.165) is 39.2 Å².